The molecule has 4 heteroatoms. The minimum absolute atomic E-state index is 0.148. The van der Waals surface area contributed by atoms with Crippen molar-refractivity contribution in [1.82, 2.24) is 10.6 Å². The van der Waals surface area contributed by atoms with Crippen LogP contribution in [0.2, 0.25) is 0 Å². The predicted octanol–water partition coefficient (Wildman–Crippen LogP) is 3.51. The Labute approximate surface area is 136 Å². The molecule has 0 aromatic heterocycles. The lowest BCUT2D eigenvalue weighted by molar-refractivity contribution is -0.121. The predicted molar refractivity (Wildman–Crippen MR) is 93.7 cm³/mol. The van der Waals surface area contributed by atoms with E-state index < -0.39 is 0 Å². The van der Waals surface area contributed by atoms with Crippen molar-refractivity contribution in [3.05, 3.63) is 12.7 Å². The summed E-state index contributed by atoms with van der Waals surface area (Å²) >= 11 is 0. The lowest BCUT2D eigenvalue weighted by Crippen LogP contribution is -2.34. The molecule has 0 fully saturated rings. The molecule has 0 bridgehead atoms. The van der Waals surface area contributed by atoms with Crippen LogP contribution in [-0.4, -0.2) is 30.8 Å². The highest BCUT2D eigenvalue weighted by Crippen LogP contribution is 2.06. The lowest BCUT2D eigenvalue weighted by atomic mass is 10.1. The summed E-state index contributed by atoms with van der Waals surface area (Å²) in [5.74, 6) is 0.148. The first-order valence-corrected chi connectivity index (χ1v) is 9.00. The van der Waals surface area contributed by atoms with Crippen LogP contribution in [0.25, 0.3) is 0 Å². The molecule has 0 aromatic rings. The number of aliphatic hydroxyl groups excluding tert-OH is 1. The average Bonchev–Trinajstić information content (AvgIpc) is 2.52. The van der Waals surface area contributed by atoms with Gasteiger partial charge in [-0.2, -0.15) is 0 Å². The van der Waals surface area contributed by atoms with Gasteiger partial charge in [0.1, 0.15) is 0 Å². The fourth-order valence-electron chi connectivity index (χ4n) is 2.33. The smallest absolute Gasteiger partial charge is 0.220 e. The monoisotopic (exact) mass is 312 g/mol. The highest BCUT2D eigenvalue weighted by molar-refractivity contribution is 5.75. The molecule has 0 saturated carbocycles. The van der Waals surface area contributed by atoms with E-state index >= 15 is 0 Å². The average molecular weight is 312 g/mol. The van der Waals surface area contributed by atoms with Crippen LogP contribution < -0.4 is 10.6 Å². The van der Waals surface area contributed by atoms with Crippen LogP contribution in [0, 0.1) is 0 Å². The summed E-state index contributed by atoms with van der Waals surface area (Å²) in [5, 5.41) is 14.8. The van der Waals surface area contributed by atoms with Crippen LogP contribution >= 0.6 is 0 Å². The maximum atomic E-state index is 11.5. The van der Waals surface area contributed by atoms with Gasteiger partial charge < -0.3 is 10.4 Å². The summed E-state index contributed by atoms with van der Waals surface area (Å²) in [5.41, 5.74) is 0. The Morgan fingerprint density at radius 2 is 1.55 bits per heavy atom. The molecule has 3 N–H and O–H groups in total. The largest absolute Gasteiger partial charge is 0.396 e. The number of unbranched alkanes of at least 4 members (excludes halogenated alkanes) is 9. The van der Waals surface area contributed by atoms with Gasteiger partial charge in [-0.1, -0.05) is 44.6 Å². The number of rotatable bonds is 17. The number of nitrogens with one attached hydrogen (secondary N) is 2. The molecule has 0 radical (unpaired) electrons. The molecule has 4 nitrogen and oxygen atoms in total. The third-order valence-electron chi connectivity index (χ3n) is 3.73. The molecule has 0 atom stereocenters. The maximum absolute atomic E-state index is 11.5. The van der Waals surface area contributed by atoms with E-state index in [0.29, 0.717) is 19.7 Å². The molecule has 0 rings (SSSR count). The normalized spacial score (nSPS) is 10.6. The van der Waals surface area contributed by atoms with Gasteiger partial charge in [0.25, 0.3) is 0 Å². The van der Waals surface area contributed by atoms with E-state index in [-0.39, 0.29) is 5.91 Å². The number of hydrogen-bond acceptors (Lipinski definition) is 3. The first-order chi connectivity index (χ1) is 10.8. The highest BCUT2D eigenvalue weighted by atomic mass is 16.2. The SMILES string of the molecule is C=CCCCCCC(=O)NCNCCCCCCCCCO. The molecule has 0 spiro atoms. The number of hydrogen-bond donors (Lipinski definition) is 3. The maximum Gasteiger partial charge on any atom is 0.220 e. The Hall–Kier alpha value is -0.870. The van der Waals surface area contributed by atoms with Crippen molar-refractivity contribution >= 4 is 5.91 Å². The Kier molecular flexibility index (Phi) is 17.5. The third-order valence-corrected chi connectivity index (χ3v) is 3.73. The van der Waals surface area contributed by atoms with Crippen LogP contribution in [0.5, 0.6) is 0 Å². The fourth-order valence-corrected chi connectivity index (χ4v) is 2.33. The summed E-state index contributed by atoms with van der Waals surface area (Å²) in [6.07, 6.45) is 15.1. The van der Waals surface area contributed by atoms with E-state index in [4.69, 9.17) is 5.11 Å². The van der Waals surface area contributed by atoms with Crippen molar-refractivity contribution in [1.29, 1.82) is 0 Å². The first kappa shape index (κ1) is 21.1. The van der Waals surface area contributed by atoms with Crippen molar-refractivity contribution in [3.63, 3.8) is 0 Å². The van der Waals surface area contributed by atoms with Gasteiger partial charge in [0, 0.05) is 13.0 Å². The number of carbonyl (C=O) groups is 1. The molecule has 0 aliphatic carbocycles. The highest BCUT2D eigenvalue weighted by Gasteiger charge is 1.99. The lowest BCUT2D eigenvalue weighted by Gasteiger charge is -2.07. The second-order valence-corrected chi connectivity index (χ2v) is 5.86. The van der Waals surface area contributed by atoms with Crippen molar-refractivity contribution in [2.75, 3.05) is 19.8 Å². The van der Waals surface area contributed by atoms with Crippen molar-refractivity contribution in [2.24, 2.45) is 0 Å². The topological polar surface area (TPSA) is 61.4 Å². The standard InChI is InChI=1S/C18H36N2O2/c1-2-3-4-8-11-14-18(22)20-17-19-15-12-9-6-5-7-10-13-16-21/h2,19,21H,1,3-17H2,(H,20,22). The molecule has 0 heterocycles. The third kappa shape index (κ3) is 17.2. The van der Waals surface area contributed by atoms with Crippen LogP contribution in [0.1, 0.15) is 77.0 Å². The van der Waals surface area contributed by atoms with E-state index in [1.807, 2.05) is 6.08 Å². The molecule has 0 aliphatic rings. The fraction of sp³-hybridized carbons (Fsp3) is 0.833. The molecular weight excluding hydrogens is 276 g/mol. The van der Waals surface area contributed by atoms with Gasteiger partial charge >= 0.3 is 0 Å². The van der Waals surface area contributed by atoms with E-state index in [1.165, 1.54) is 25.7 Å². The zero-order valence-corrected chi connectivity index (χ0v) is 14.2. The number of allylic oxidation sites excluding steroid dienone is 1. The summed E-state index contributed by atoms with van der Waals surface area (Å²) < 4.78 is 0. The van der Waals surface area contributed by atoms with E-state index in [9.17, 15) is 4.79 Å². The van der Waals surface area contributed by atoms with Gasteiger partial charge in [0.2, 0.25) is 5.91 Å². The summed E-state index contributed by atoms with van der Waals surface area (Å²) in [6, 6.07) is 0. The molecule has 0 aromatic carbocycles. The molecule has 22 heavy (non-hydrogen) atoms. The Morgan fingerprint density at radius 3 is 2.23 bits per heavy atom. The van der Waals surface area contributed by atoms with Gasteiger partial charge in [-0.05, 0) is 38.6 Å². The molecule has 0 saturated heterocycles. The number of aliphatic hydroxyl groups is 1. The Balaban J connectivity index is 3.12. The van der Waals surface area contributed by atoms with Crippen molar-refractivity contribution in [2.45, 2.75) is 77.0 Å². The summed E-state index contributed by atoms with van der Waals surface area (Å²) in [6.45, 7) is 5.57. The molecule has 130 valence electrons. The number of amides is 1. The van der Waals surface area contributed by atoms with Crippen LogP contribution in [0.4, 0.5) is 0 Å². The molecule has 1 amide bonds. The zero-order valence-electron chi connectivity index (χ0n) is 14.2. The number of carbonyl (C=O) groups excluding carboxylic acids is 1. The minimum atomic E-state index is 0.148. The molecule has 0 aliphatic heterocycles. The van der Waals surface area contributed by atoms with Crippen LogP contribution in [0.3, 0.4) is 0 Å². The van der Waals surface area contributed by atoms with Crippen molar-refractivity contribution in [3.8, 4) is 0 Å². The Bertz CT molecular complexity index is 257. The summed E-state index contributed by atoms with van der Waals surface area (Å²) in [7, 11) is 0. The van der Waals surface area contributed by atoms with Gasteiger partial charge in [-0.15, -0.1) is 6.58 Å². The van der Waals surface area contributed by atoms with Gasteiger partial charge in [0.15, 0.2) is 0 Å². The van der Waals surface area contributed by atoms with Gasteiger partial charge in [-0.3, -0.25) is 10.1 Å². The van der Waals surface area contributed by atoms with E-state index in [2.05, 4.69) is 17.2 Å². The van der Waals surface area contributed by atoms with Gasteiger partial charge in [0.05, 0.1) is 6.67 Å². The molecule has 0 unspecified atom stereocenters. The quantitative estimate of drug-likeness (QED) is 0.219. The van der Waals surface area contributed by atoms with E-state index in [0.717, 1.165) is 51.5 Å². The minimum Gasteiger partial charge on any atom is -0.396 e. The first-order valence-electron chi connectivity index (χ1n) is 9.00. The van der Waals surface area contributed by atoms with Crippen LogP contribution in [0.15, 0.2) is 12.7 Å². The Morgan fingerprint density at radius 1 is 0.909 bits per heavy atom. The second kappa shape index (κ2) is 18.2. The molecular formula is C18H36N2O2. The van der Waals surface area contributed by atoms with Gasteiger partial charge in [-0.25, -0.2) is 0 Å². The zero-order chi connectivity index (χ0) is 16.3. The van der Waals surface area contributed by atoms with Crippen molar-refractivity contribution < 1.29 is 9.90 Å². The second-order valence-electron chi connectivity index (χ2n) is 5.86. The van der Waals surface area contributed by atoms with Crippen LogP contribution in [-0.2, 0) is 4.79 Å². The van der Waals surface area contributed by atoms with E-state index in [1.54, 1.807) is 0 Å². The summed E-state index contributed by atoms with van der Waals surface area (Å²) in [4.78, 5) is 11.5.